The van der Waals surface area contributed by atoms with Gasteiger partial charge in [-0.1, -0.05) is 12.1 Å². The van der Waals surface area contributed by atoms with E-state index < -0.39 is 26.0 Å². The minimum Gasteiger partial charge on any atom is -0.465 e. The summed E-state index contributed by atoms with van der Waals surface area (Å²) in [4.78, 5) is 11.8. The molecule has 0 bridgehead atoms. The molecule has 0 unspecified atom stereocenters. The average Bonchev–Trinajstić information content (AvgIpc) is 2.49. The van der Waals surface area contributed by atoms with Gasteiger partial charge in [0, 0.05) is 13.1 Å². The normalized spacial score (nSPS) is 12.0. The van der Waals surface area contributed by atoms with E-state index in [0.717, 1.165) is 10.6 Å². The minimum absolute atomic E-state index is 0.0822. The van der Waals surface area contributed by atoms with Gasteiger partial charge in [-0.25, -0.2) is 26.4 Å². The first kappa shape index (κ1) is 19.4. The van der Waals surface area contributed by atoms with Gasteiger partial charge in [0.1, 0.15) is 0 Å². The number of hydrogen-bond acceptors (Lipinski definition) is 6. The number of methoxy groups -OCH3 is 1. The Morgan fingerprint density at radius 3 is 2.35 bits per heavy atom. The van der Waals surface area contributed by atoms with E-state index in [-0.39, 0.29) is 30.1 Å². The number of hydrogen-bond donors (Lipinski definition) is 1. The molecular weight excluding hydrogens is 344 g/mol. The summed E-state index contributed by atoms with van der Waals surface area (Å²) in [5.41, 5.74) is 0.219. The standard InChI is InChI=1S/C13H20N2O6S2/c1-4-23(19,20)14-9-10-15(22(3,17)18)12-8-6-5-7-11(12)13(16)21-2/h5-8,14H,4,9-10H2,1-3H3. The van der Waals surface area contributed by atoms with E-state index in [1.54, 1.807) is 12.1 Å². The lowest BCUT2D eigenvalue weighted by Gasteiger charge is -2.24. The van der Waals surface area contributed by atoms with Gasteiger partial charge in [0.05, 0.1) is 30.4 Å². The number of carbonyl (C=O) groups excluding carboxylic acids is 1. The van der Waals surface area contributed by atoms with Crippen LogP contribution < -0.4 is 9.03 Å². The molecule has 1 aromatic carbocycles. The SMILES string of the molecule is CCS(=O)(=O)NCCN(c1ccccc1C(=O)OC)S(C)(=O)=O. The van der Waals surface area contributed by atoms with Crippen molar-refractivity contribution in [1.82, 2.24) is 4.72 Å². The fourth-order valence-electron chi connectivity index (χ4n) is 1.84. The molecule has 23 heavy (non-hydrogen) atoms. The number of nitrogens with one attached hydrogen (secondary N) is 1. The van der Waals surface area contributed by atoms with Crippen molar-refractivity contribution in [2.24, 2.45) is 0 Å². The molecule has 0 amide bonds. The lowest BCUT2D eigenvalue weighted by Crippen LogP contribution is -2.39. The Morgan fingerprint density at radius 2 is 1.83 bits per heavy atom. The van der Waals surface area contributed by atoms with E-state index >= 15 is 0 Å². The molecule has 1 aromatic rings. The highest BCUT2D eigenvalue weighted by Gasteiger charge is 2.23. The third-order valence-corrected chi connectivity index (χ3v) is 5.58. The topological polar surface area (TPSA) is 110 Å². The Labute approximate surface area is 136 Å². The van der Waals surface area contributed by atoms with Gasteiger partial charge >= 0.3 is 5.97 Å². The van der Waals surface area contributed by atoms with E-state index in [2.05, 4.69) is 9.46 Å². The highest BCUT2D eigenvalue weighted by Crippen LogP contribution is 2.23. The molecule has 8 nitrogen and oxygen atoms in total. The number of anilines is 1. The second kappa shape index (κ2) is 7.75. The van der Waals surface area contributed by atoms with Crippen molar-refractivity contribution < 1.29 is 26.4 Å². The van der Waals surface area contributed by atoms with Crippen LogP contribution in [-0.2, 0) is 24.8 Å². The van der Waals surface area contributed by atoms with Gasteiger partial charge in [0.25, 0.3) is 0 Å². The fraction of sp³-hybridized carbons (Fsp3) is 0.462. The molecule has 1 rings (SSSR count). The molecule has 0 atom stereocenters. The second-order valence-corrected chi connectivity index (χ2v) is 8.64. The predicted octanol–water partition coefficient (Wildman–Crippen LogP) is 0.179. The summed E-state index contributed by atoms with van der Waals surface area (Å²) in [7, 11) is -5.96. The molecule has 0 radical (unpaired) electrons. The lowest BCUT2D eigenvalue weighted by atomic mass is 10.2. The zero-order valence-electron chi connectivity index (χ0n) is 13.1. The molecule has 0 fully saturated rings. The Morgan fingerprint density at radius 1 is 1.22 bits per heavy atom. The van der Waals surface area contributed by atoms with Gasteiger partial charge in [0.15, 0.2) is 0 Å². The zero-order valence-corrected chi connectivity index (χ0v) is 14.8. The van der Waals surface area contributed by atoms with Crippen LogP contribution in [0.15, 0.2) is 24.3 Å². The summed E-state index contributed by atoms with van der Waals surface area (Å²) >= 11 is 0. The third kappa shape index (κ3) is 5.48. The van der Waals surface area contributed by atoms with Gasteiger partial charge in [0.2, 0.25) is 20.0 Å². The summed E-state index contributed by atoms with van der Waals surface area (Å²) in [5.74, 6) is -0.784. The van der Waals surface area contributed by atoms with Gasteiger partial charge in [-0.3, -0.25) is 4.31 Å². The van der Waals surface area contributed by atoms with Gasteiger partial charge < -0.3 is 4.74 Å². The molecule has 1 N–H and O–H groups in total. The number of esters is 1. The van der Waals surface area contributed by atoms with Gasteiger partial charge in [-0.15, -0.1) is 0 Å². The van der Waals surface area contributed by atoms with Crippen molar-refractivity contribution in [2.45, 2.75) is 6.92 Å². The van der Waals surface area contributed by atoms with Crippen LogP contribution in [0.4, 0.5) is 5.69 Å². The summed E-state index contributed by atoms with van der Waals surface area (Å²) < 4.78 is 54.8. The maximum Gasteiger partial charge on any atom is 0.340 e. The van der Waals surface area contributed by atoms with Crippen LogP contribution in [0.2, 0.25) is 0 Å². The highest BCUT2D eigenvalue weighted by molar-refractivity contribution is 7.92. The van der Waals surface area contributed by atoms with Crippen LogP contribution in [-0.4, -0.2) is 55.0 Å². The molecular formula is C13H20N2O6S2. The number of ether oxygens (including phenoxy) is 1. The van der Waals surface area contributed by atoms with Gasteiger partial charge in [-0.2, -0.15) is 0 Å². The molecule has 130 valence electrons. The third-order valence-electron chi connectivity index (χ3n) is 3.00. The molecule has 0 aliphatic carbocycles. The van der Waals surface area contributed by atoms with Crippen molar-refractivity contribution in [3.8, 4) is 0 Å². The number of nitrogens with zero attached hydrogens (tertiary/aromatic N) is 1. The van der Waals surface area contributed by atoms with E-state index in [4.69, 9.17) is 0 Å². The largest absolute Gasteiger partial charge is 0.465 e. The number of rotatable bonds is 8. The van der Waals surface area contributed by atoms with E-state index in [1.165, 1.54) is 26.2 Å². The number of carbonyl (C=O) groups is 1. The molecule has 0 heterocycles. The monoisotopic (exact) mass is 364 g/mol. The maximum absolute atomic E-state index is 12.0. The first-order chi connectivity index (χ1) is 10.6. The summed E-state index contributed by atoms with van der Waals surface area (Å²) in [5, 5.41) is 0. The Kier molecular flexibility index (Phi) is 6.54. The Bertz CT molecular complexity index is 758. The molecule has 0 aliphatic rings. The molecule has 0 aromatic heterocycles. The lowest BCUT2D eigenvalue weighted by molar-refractivity contribution is 0.0601. The smallest absolute Gasteiger partial charge is 0.340 e. The van der Waals surface area contributed by atoms with E-state index in [0.29, 0.717) is 0 Å². The van der Waals surface area contributed by atoms with Crippen molar-refractivity contribution in [3.05, 3.63) is 29.8 Å². The average molecular weight is 364 g/mol. The molecule has 0 spiro atoms. The van der Waals surface area contributed by atoms with Crippen LogP contribution in [0.25, 0.3) is 0 Å². The van der Waals surface area contributed by atoms with Crippen molar-refractivity contribution in [2.75, 3.05) is 36.5 Å². The summed E-state index contributed by atoms with van der Waals surface area (Å²) in [6.45, 7) is 1.22. The number of benzene rings is 1. The summed E-state index contributed by atoms with van der Waals surface area (Å²) in [6, 6.07) is 6.06. The van der Waals surface area contributed by atoms with Crippen molar-refractivity contribution >= 4 is 31.7 Å². The number of para-hydroxylation sites is 1. The van der Waals surface area contributed by atoms with Crippen LogP contribution >= 0.6 is 0 Å². The van der Waals surface area contributed by atoms with Crippen LogP contribution in [0.3, 0.4) is 0 Å². The van der Waals surface area contributed by atoms with Crippen LogP contribution in [0, 0.1) is 0 Å². The Hall–Kier alpha value is -1.65. The first-order valence-corrected chi connectivity index (χ1v) is 10.2. The molecule has 10 heteroatoms. The van der Waals surface area contributed by atoms with E-state index in [1.807, 2.05) is 0 Å². The highest BCUT2D eigenvalue weighted by atomic mass is 32.2. The molecule has 0 saturated carbocycles. The number of sulfonamides is 2. The molecule has 0 saturated heterocycles. The summed E-state index contributed by atoms with van der Waals surface area (Å²) in [6.07, 6.45) is 0.982. The maximum atomic E-state index is 12.0. The van der Waals surface area contributed by atoms with Crippen LogP contribution in [0.5, 0.6) is 0 Å². The zero-order chi connectivity index (χ0) is 17.7. The van der Waals surface area contributed by atoms with Gasteiger partial charge in [-0.05, 0) is 19.1 Å². The Balaban J connectivity index is 3.13. The minimum atomic E-state index is -3.72. The first-order valence-electron chi connectivity index (χ1n) is 6.74. The quantitative estimate of drug-likeness (QED) is 0.659. The predicted molar refractivity (Wildman–Crippen MR) is 87.4 cm³/mol. The fourth-order valence-corrected chi connectivity index (χ4v) is 3.39. The van der Waals surface area contributed by atoms with E-state index in [9.17, 15) is 21.6 Å². The van der Waals surface area contributed by atoms with Crippen LogP contribution in [0.1, 0.15) is 17.3 Å². The van der Waals surface area contributed by atoms with Crippen molar-refractivity contribution in [3.63, 3.8) is 0 Å². The van der Waals surface area contributed by atoms with Crippen molar-refractivity contribution in [1.29, 1.82) is 0 Å². The second-order valence-electron chi connectivity index (χ2n) is 4.64. The molecule has 0 aliphatic heterocycles.